The van der Waals surface area contributed by atoms with Crippen molar-refractivity contribution in [3.05, 3.63) is 29.8 Å². The van der Waals surface area contributed by atoms with Crippen LogP contribution < -0.4 is 10.5 Å². The first-order chi connectivity index (χ1) is 10.2. The molecule has 118 valence electrons. The van der Waals surface area contributed by atoms with E-state index in [4.69, 9.17) is 10.5 Å². The Morgan fingerprint density at radius 2 is 2.10 bits per heavy atom. The van der Waals surface area contributed by atoms with Crippen LogP contribution in [0.2, 0.25) is 0 Å². The first-order valence-electron chi connectivity index (χ1n) is 8.29. The highest BCUT2D eigenvalue weighted by Gasteiger charge is 2.38. The normalized spacial score (nSPS) is 25.2. The summed E-state index contributed by atoms with van der Waals surface area (Å²) in [6, 6.07) is 8.42. The molecule has 0 spiro atoms. The summed E-state index contributed by atoms with van der Waals surface area (Å²) in [5, 5.41) is 9.45. The van der Waals surface area contributed by atoms with Crippen molar-refractivity contribution < 1.29 is 9.84 Å². The third-order valence-corrected chi connectivity index (χ3v) is 4.78. The second-order valence-corrected chi connectivity index (χ2v) is 6.37. The minimum atomic E-state index is -0.382. The zero-order valence-corrected chi connectivity index (χ0v) is 13.2. The van der Waals surface area contributed by atoms with E-state index in [0.29, 0.717) is 12.5 Å². The number of nitrogens with two attached hydrogens (primary N) is 1. The molecule has 0 bridgehead atoms. The van der Waals surface area contributed by atoms with Gasteiger partial charge < -0.3 is 15.6 Å². The average molecular weight is 291 g/mol. The standard InChI is InChI=1S/C18H29NO2/c1-2-3-5-15-7-9-17(10-8-15)21-13-11-16-6-4-12-18(16,19)14-20/h7-10,16,20H,2-6,11-14,19H2,1H3. The molecule has 2 rings (SSSR count). The quantitative estimate of drug-likeness (QED) is 0.773. The zero-order chi connectivity index (χ0) is 15.1. The molecule has 0 heterocycles. The van der Waals surface area contributed by atoms with E-state index in [0.717, 1.165) is 37.9 Å². The summed E-state index contributed by atoms with van der Waals surface area (Å²) in [5.74, 6) is 1.31. The molecule has 1 aromatic carbocycles. The van der Waals surface area contributed by atoms with E-state index < -0.39 is 0 Å². The van der Waals surface area contributed by atoms with Crippen molar-refractivity contribution in [2.24, 2.45) is 11.7 Å². The third-order valence-electron chi connectivity index (χ3n) is 4.78. The molecule has 0 saturated heterocycles. The lowest BCUT2D eigenvalue weighted by Crippen LogP contribution is -2.47. The number of hydrogen-bond acceptors (Lipinski definition) is 3. The van der Waals surface area contributed by atoms with Crippen LogP contribution >= 0.6 is 0 Å². The lowest BCUT2D eigenvalue weighted by Gasteiger charge is -2.29. The van der Waals surface area contributed by atoms with Crippen LogP contribution in [0, 0.1) is 5.92 Å². The average Bonchev–Trinajstić information content (AvgIpc) is 2.88. The Balaban J connectivity index is 1.75. The van der Waals surface area contributed by atoms with Gasteiger partial charge in [0.05, 0.1) is 13.2 Å². The lowest BCUT2D eigenvalue weighted by atomic mass is 9.87. The number of aryl methyl sites for hydroxylation is 1. The Morgan fingerprint density at radius 1 is 1.33 bits per heavy atom. The molecule has 3 N–H and O–H groups in total. The maximum Gasteiger partial charge on any atom is 0.119 e. The van der Waals surface area contributed by atoms with E-state index in [1.165, 1.54) is 18.4 Å². The van der Waals surface area contributed by atoms with E-state index in [1.54, 1.807) is 0 Å². The van der Waals surface area contributed by atoms with Gasteiger partial charge in [-0.3, -0.25) is 0 Å². The second kappa shape index (κ2) is 7.81. The number of aliphatic hydroxyl groups is 1. The summed E-state index contributed by atoms with van der Waals surface area (Å²) < 4.78 is 5.83. The van der Waals surface area contributed by atoms with Crippen LogP contribution in [0.3, 0.4) is 0 Å². The molecule has 1 fully saturated rings. The van der Waals surface area contributed by atoms with E-state index >= 15 is 0 Å². The molecule has 3 nitrogen and oxygen atoms in total. The Morgan fingerprint density at radius 3 is 2.76 bits per heavy atom. The number of ether oxygens (including phenoxy) is 1. The van der Waals surface area contributed by atoms with Crippen molar-refractivity contribution in [3.63, 3.8) is 0 Å². The molecule has 1 aliphatic rings. The van der Waals surface area contributed by atoms with Gasteiger partial charge in [0.2, 0.25) is 0 Å². The fraction of sp³-hybridized carbons (Fsp3) is 0.667. The van der Waals surface area contributed by atoms with Crippen LogP contribution in [0.4, 0.5) is 0 Å². The fourth-order valence-electron chi connectivity index (χ4n) is 3.26. The van der Waals surface area contributed by atoms with Crippen LogP contribution in [-0.2, 0) is 6.42 Å². The molecule has 21 heavy (non-hydrogen) atoms. The lowest BCUT2D eigenvalue weighted by molar-refractivity contribution is 0.143. The van der Waals surface area contributed by atoms with Crippen LogP contribution in [0.5, 0.6) is 5.75 Å². The molecular formula is C18H29NO2. The van der Waals surface area contributed by atoms with Gasteiger partial charge in [-0.25, -0.2) is 0 Å². The van der Waals surface area contributed by atoms with Crippen LogP contribution in [0.1, 0.15) is 51.0 Å². The van der Waals surface area contributed by atoms with Gasteiger partial charge in [0, 0.05) is 5.54 Å². The van der Waals surface area contributed by atoms with Gasteiger partial charge in [-0.1, -0.05) is 31.9 Å². The molecule has 3 heteroatoms. The van der Waals surface area contributed by atoms with Crippen molar-refractivity contribution in [2.75, 3.05) is 13.2 Å². The van der Waals surface area contributed by atoms with Gasteiger partial charge in [0.1, 0.15) is 5.75 Å². The first kappa shape index (κ1) is 16.3. The predicted octanol–water partition coefficient (Wildman–Crippen LogP) is 3.29. The minimum absolute atomic E-state index is 0.0871. The topological polar surface area (TPSA) is 55.5 Å². The van der Waals surface area contributed by atoms with Gasteiger partial charge in [0.25, 0.3) is 0 Å². The van der Waals surface area contributed by atoms with Crippen molar-refractivity contribution in [1.82, 2.24) is 0 Å². The summed E-state index contributed by atoms with van der Waals surface area (Å²) >= 11 is 0. The van der Waals surface area contributed by atoms with Crippen LogP contribution in [0.15, 0.2) is 24.3 Å². The number of aliphatic hydroxyl groups excluding tert-OH is 1. The third kappa shape index (κ3) is 4.45. The van der Waals surface area contributed by atoms with Crippen LogP contribution in [-0.4, -0.2) is 23.9 Å². The Labute approximate surface area is 128 Å². The van der Waals surface area contributed by atoms with E-state index in [9.17, 15) is 5.11 Å². The molecule has 0 aliphatic heterocycles. The van der Waals surface area contributed by atoms with Gasteiger partial charge in [-0.2, -0.15) is 0 Å². The highest BCUT2D eigenvalue weighted by atomic mass is 16.5. The van der Waals surface area contributed by atoms with Gasteiger partial charge in [-0.05, 0) is 55.7 Å². The maximum atomic E-state index is 9.45. The van der Waals surface area contributed by atoms with Gasteiger partial charge in [0.15, 0.2) is 0 Å². The number of benzene rings is 1. The van der Waals surface area contributed by atoms with E-state index in [-0.39, 0.29) is 12.1 Å². The predicted molar refractivity (Wildman–Crippen MR) is 86.5 cm³/mol. The summed E-state index contributed by atoms with van der Waals surface area (Å²) in [4.78, 5) is 0. The minimum Gasteiger partial charge on any atom is -0.494 e. The zero-order valence-electron chi connectivity index (χ0n) is 13.2. The maximum absolute atomic E-state index is 9.45. The number of rotatable bonds is 8. The molecule has 1 aromatic rings. The molecule has 2 unspecified atom stereocenters. The molecule has 2 atom stereocenters. The fourth-order valence-corrected chi connectivity index (χ4v) is 3.26. The van der Waals surface area contributed by atoms with E-state index in [1.807, 2.05) is 0 Å². The highest BCUT2D eigenvalue weighted by Crippen LogP contribution is 2.35. The second-order valence-electron chi connectivity index (χ2n) is 6.37. The van der Waals surface area contributed by atoms with Crippen molar-refractivity contribution in [1.29, 1.82) is 0 Å². The number of unbranched alkanes of at least 4 members (excludes halogenated alkanes) is 1. The van der Waals surface area contributed by atoms with Gasteiger partial charge in [-0.15, -0.1) is 0 Å². The Hall–Kier alpha value is -1.06. The van der Waals surface area contributed by atoms with Gasteiger partial charge >= 0.3 is 0 Å². The summed E-state index contributed by atoms with van der Waals surface area (Å²) in [5.41, 5.74) is 7.24. The first-order valence-corrected chi connectivity index (χ1v) is 8.29. The summed E-state index contributed by atoms with van der Waals surface area (Å²) in [7, 11) is 0. The SMILES string of the molecule is CCCCc1ccc(OCCC2CCCC2(N)CO)cc1. The highest BCUT2D eigenvalue weighted by molar-refractivity contribution is 5.27. The van der Waals surface area contributed by atoms with Crippen molar-refractivity contribution >= 4 is 0 Å². The molecule has 0 amide bonds. The summed E-state index contributed by atoms with van der Waals surface area (Å²) in [6.07, 6.45) is 7.69. The number of hydrogen-bond donors (Lipinski definition) is 2. The molecule has 0 aromatic heterocycles. The molecular weight excluding hydrogens is 262 g/mol. The summed E-state index contributed by atoms with van der Waals surface area (Å²) in [6.45, 7) is 2.98. The Kier molecular flexibility index (Phi) is 6.07. The molecule has 1 aliphatic carbocycles. The van der Waals surface area contributed by atoms with Crippen LogP contribution in [0.25, 0.3) is 0 Å². The largest absolute Gasteiger partial charge is 0.494 e. The van der Waals surface area contributed by atoms with E-state index in [2.05, 4.69) is 31.2 Å². The molecule has 0 radical (unpaired) electrons. The molecule has 1 saturated carbocycles. The smallest absolute Gasteiger partial charge is 0.119 e. The Bertz CT molecular complexity index is 418. The van der Waals surface area contributed by atoms with Crippen molar-refractivity contribution in [2.45, 2.75) is 57.4 Å². The van der Waals surface area contributed by atoms with Crippen molar-refractivity contribution in [3.8, 4) is 5.75 Å². The monoisotopic (exact) mass is 291 g/mol.